The van der Waals surface area contributed by atoms with Crippen LogP contribution < -0.4 is 0 Å². The van der Waals surface area contributed by atoms with E-state index >= 15 is 0 Å². The van der Waals surface area contributed by atoms with Crippen LogP contribution in [0.2, 0.25) is 0 Å². The van der Waals surface area contributed by atoms with Gasteiger partial charge in [0.1, 0.15) is 0 Å². The Morgan fingerprint density at radius 3 is 2.88 bits per heavy atom. The van der Waals surface area contributed by atoms with Gasteiger partial charge in [-0.3, -0.25) is 4.79 Å². The fourth-order valence-corrected chi connectivity index (χ4v) is 3.24. The number of hydrogen-bond acceptors (Lipinski definition) is 1. The number of carbonyl (C=O) groups is 1. The molecule has 0 aliphatic heterocycles. The molecule has 0 bridgehead atoms. The zero-order valence-electron chi connectivity index (χ0n) is 10.7. The number of hydrogen-bond donors (Lipinski definition) is 0. The maximum Gasteiger partial charge on any atom is 0.155 e. The van der Waals surface area contributed by atoms with Gasteiger partial charge < -0.3 is 0 Å². The van der Waals surface area contributed by atoms with E-state index in [0.717, 1.165) is 19.3 Å². The summed E-state index contributed by atoms with van der Waals surface area (Å²) in [5, 5.41) is 0. The summed E-state index contributed by atoms with van der Waals surface area (Å²) in [4.78, 5) is 11.5. The van der Waals surface area contributed by atoms with Crippen molar-refractivity contribution in [1.82, 2.24) is 0 Å². The predicted molar refractivity (Wildman–Crippen MR) is 67.1 cm³/mol. The van der Waals surface area contributed by atoms with Gasteiger partial charge in [0.2, 0.25) is 0 Å². The molecule has 3 atom stereocenters. The lowest BCUT2D eigenvalue weighted by Crippen LogP contribution is -2.38. The molecule has 1 nitrogen and oxygen atoms in total. The highest BCUT2D eigenvalue weighted by Crippen LogP contribution is 2.52. The summed E-state index contributed by atoms with van der Waals surface area (Å²) in [6.45, 7) is 10.9. The van der Waals surface area contributed by atoms with Crippen LogP contribution in [0.3, 0.4) is 0 Å². The summed E-state index contributed by atoms with van der Waals surface area (Å²) in [5.41, 5.74) is 2.93. The quantitative estimate of drug-likeness (QED) is 0.610. The third kappa shape index (κ3) is 1.77. The maximum absolute atomic E-state index is 11.5. The van der Waals surface area contributed by atoms with Gasteiger partial charge in [-0.25, -0.2) is 0 Å². The van der Waals surface area contributed by atoms with Gasteiger partial charge in [-0.15, -0.1) is 0 Å². The van der Waals surface area contributed by atoms with Crippen LogP contribution in [-0.4, -0.2) is 5.78 Å². The second-order valence-corrected chi connectivity index (χ2v) is 5.94. The number of fused-ring (bicyclic) bond motifs is 1. The molecule has 1 saturated carbocycles. The van der Waals surface area contributed by atoms with E-state index in [1.54, 1.807) is 0 Å². The smallest absolute Gasteiger partial charge is 0.155 e. The Kier molecular flexibility index (Phi) is 2.81. The standard InChI is InChI=1S/C15H22O/c1-10(2)12-7-11(3)15(4)6-5-14(16)9-13(15)8-12/h9,11-12H,1,5-8H2,2-4H3/t11-,12-,15+/m0/s1. The second-order valence-electron chi connectivity index (χ2n) is 5.94. The summed E-state index contributed by atoms with van der Waals surface area (Å²) < 4.78 is 0. The zero-order valence-corrected chi connectivity index (χ0v) is 10.7. The molecule has 88 valence electrons. The number of ketones is 1. The molecule has 0 saturated heterocycles. The monoisotopic (exact) mass is 218 g/mol. The molecule has 0 N–H and O–H groups in total. The van der Waals surface area contributed by atoms with E-state index in [9.17, 15) is 4.79 Å². The van der Waals surface area contributed by atoms with E-state index in [2.05, 4.69) is 27.4 Å². The summed E-state index contributed by atoms with van der Waals surface area (Å²) in [6.07, 6.45) is 6.00. The Balaban J connectivity index is 2.32. The van der Waals surface area contributed by atoms with Gasteiger partial charge in [-0.1, -0.05) is 31.6 Å². The molecule has 0 aromatic heterocycles. The fourth-order valence-electron chi connectivity index (χ4n) is 3.24. The molecule has 1 heteroatoms. The third-order valence-corrected chi connectivity index (χ3v) is 4.85. The van der Waals surface area contributed by atoms with E-state index in [1.807, 2.05) is 6.08 Å². The SMILES string of the molecule is C=C(C)[C@@H]1CC2=CC(=O)CC[C@]2(C)[C@@H](C)C1. The summed E-state index contributed by atoms with van der Waals surface area (Å²) in [7, 11) is 0. The van der Waals surface area contributed by atoms with Crippen molar-refractivity contribution < 1.29 is 4.79 Å². The normalized spacial score (nSPS) is 38.9. The van der Waals surface area contributed by atoms with Crippen LogP contribution in [-0.2, 0) is 4.79 Å². The zero-order chi connectivity index (χ0) is 11.9. The highest BCUT2D eigenvalue weighted by molar-refractivity contribution is 5.91. The first-order valence-corrected chi connectivity index (χ1v) is 6.33. The van der Waals surface area contributed by atoms with E-state index in [-0.39, 0.29) is 5.41 Å². The van der Waals surface area contributed by atoms with Crippen LogP contribution in [0.15, 0.2) is 23.8 Å². The van der Waals surface area contributed by atoms with Crippen molar-refractivity contribution in [2.45, 2.75) is 46.5 Å². The van der Waals surface area contributed by atoms with Crippen LogP contribution in [0.4, 0.5) is 0 Å². The van der Waals surface area contributed by atoms with Crippen LogP contribution in [0.5, 0.6) is 0 Å². The van der Waals surface area contributed by atoms with Gasteiger partial charge in [0.25, 0.3) is 0 Å². The van der Waals surface area contributed by atoms with Crippen molar-refractivity contribution in [3.8, 4) is 0 Å². The van der Waals surface area contributed by atoms with Crippen LogP contribution in [0, 0.1) is 17.3 Å². The Bertz CT molecular complexity index is 364. The Labute approximate surface area is 98.6 Å². The highest BCUT2D eigenvalue weighted by atomic mass is 16.1. The third-order valence-electron chi connectivity index (χ3n) is 4.85. The first kappa shape index (κ1) is 11.6. The highest BCUT2D eigenvalue weighted by Gasteiger charge is 2.43. The van der Waals surface area contributed by atoms with Gasteiger partial charge in [0.15, 0.2) is 5.78 Å². The van der Waals surface area contributed by atoms with Gasteiger partial charge in [-0.2, -0.15) is 0 Å². The van der Waals surface area contributed by atoms with Crippen molar-refractivity contribution in [2.75, 3.05) is 0 Å². The molecule has 2 rings (SSSR count). The Morgan fingerprint density at radius 1 is 1.56 bits per heavy atom. The van der Waals surface area contributed by atoms with Gasteiger partial charge >= 0.3 is 0 Å². The van der Waals surface area contributed by atoms with Gasteiger partial charge in [-0.05, 0) is 49.5 Å². The molecule has 2 aliphatic rings. The molecule has 0 heterocycles. The van der Waals surface area contributed by atoms with Crippen LogP contribution in [0.1, 0.15) is 46.5 Å². The lowest BCUT2D eigenvalue weighted by molar-refractivity contribution is -0.116. The van der Waals surface area contributed by atoms with E-state index in [0.29, 0.717) is 17.6 Å². The van der Waals surface area contributed by atoms with Crippen molar-refractivity contribution in [3.05, 3.63) is 23.8 Å². The van der Waals surface area contributed by atoms with Gasteiger partial charge in [0.05, 0.1) is 0 Å². The average molecular weight is 218 g/mol. The molecular weight excluding hydrogens is 196 g/mol. The van der Waals surface area contributed by atoms with Gasteiger partial charge in [0, 0.05) is 6.42 Å². The maximum atomic E-state index is 11.5. The average Bonchev–Trinajstić information content (AvgIpc) is 2.21. The van der Waals surface area contributed by atoms with Crippen molar-refractivity contribution in [3.63, 3.8) is 0 Å². The second kappa shape index (κ2) is 3.87. The molecule has 0 spiro atoms. The van der Waals surface area contributed by atoms with Crippen molar-refractivity contribution in [2.24, 2.45) is 17.3 Å². The molecule has 16 heavy (non-hydrogen) atoms. The lowest BCUT2D eigenvalue weighted by Gasteiger charge is -2.47. The predicted octanol–water partition coefficient (Wildman–Crippen LogP) is 3.90. The van der Waals surface area contributed by atoms with Crippen molar-refractivity contribution >= 4 is 5.78 Å². The first-order chi connectivity index (χ1) is 7.43. The Hall–Kier alpha value is -0.850. The molecule has 0 aromatic rings. The van der Waals surface area contributed by atoms with Crippen LogP contribution in [0.25, 0.3) is 0 Å². The minimum atomic E-state index is 0.278. The lowest BCUT2D eigenvalue weighted by atomic mass is 9.57. The van der Waals surface area contributed by atoms with E-state index in [1.165, 1.54) is 17.6 Å². The van der Waals surface area contributed by atoms with Crippen LogP contribution >= 0.6 is 0 Å². The summed E-state index contributed by atoms with van der Waals surface area (Å²) >= 11 is 0. The fraction of sp³-hybridized carbons (Fsp3) is 0.667. The summed E-state index contributed by atoms with van der Waals surface area (Å²) in [5.74, 6) is 1.57. The number of carbonyl (C=O) groups excluding carboxylic acids is 1. The topological polar surface area (TPSA) is 17.1 Å². The minimum absolute atomic E-state index is 0.278. The molecule has 0 amide bonds. The minimum Gasteiger partial charge on any atom is -0.295 e. The number of rotatable bonds is 1. The summed E-state index contributed by atoms with van der Waals surface area (Å²) in [6, 6.07) is 0. The molecular formula is C15H22O. The molecule has 0 unspecified atom stereocenters. The molecule has 1 fully saturated rings. The Morgan fingerprint density at radius 2 is 2.25 bits per heavy atom. The first-order valence-electron chi connectivity index (χ1n) is 6.33. The number of allylic oxidation sites excluding steroid dienone is 3. The molecule has 0 radical (unpaired) electrons. The van der Waals surface area contributed by atoms with E-state index < -0.39 is 0 Å². The molecule has 2 aliphatic carbocycles. The van der Waals surface area contributed by atoms with E-state index in [4.69, 9.17) is 0 Å². The van der Waals surface area contributed by atoms with Crippen molar-refractivity contribution in [1.29, 1.82) is 0 Å². The largest absolute Gasteiger partial charge is 0.295 e. The molecule has 0 aromatic carbocycles.